The van der Waals surface area contributed by atoms with Gasteiger partial charge in [-0.2, -0.15) is 0 Å². The minimum Gasteiger partial charge on any atom is -0.252 e. The third kappa shape index (κ3) is 1.96. The second kappa shape index (κ2) is 5.05. The number of rotatable bonds is 1. The Balaban J connectivity index is 1.95. The second-order valence-corrected chi connectivity index (χ2v) is 6.12. The Bertz CT molecular complexity index is 628. The highest BCUT2D eigenvalue weighted by Gasteiger charge is 2.23. The Morgan fingerprint density at radius 1 is 0.650 bits per heavy atom. The van der Waals surface area contributed by atoms with Crippen LogP contribution in [0.4, 0.5) is 0 Å². The predicted molar refractivity (Wildman–Crippen MR) is 83.0 cm³/mol. The van der Waals surface area contributed by atoms with E-state index in [0.29, 0.717) is 0 Å². The molecule has 4 rings (SSSR count). The fourth-order valence-corrected chi connectivity index (χ4v) is 3.87. The van der Waals surface area contributed by atoms with Crippen LogP contribution < -0.4 is 0 Å². The van der Waals surface area contributed by atoms with Gasteiger partial charge in [0.15, 0.2) is 0 Å². The third-order valence-corrected chi connectivity index (χ3v) is 4.85. The lowest BCUT2D eigenvalue weighted by atomic mass is 9.81. The van der Waals surface area contributed by atoms with E-state index in [1.54, 1.807) is 16.7 Å². The van der Waals surface area contributed by atoms with Crippen molar-refractivity contribution in [2.45, 2.75) is 51.4 Å². The lowest BCUT2D eigenvalue weighted by molar-refractivity contribution is 0.627. The molecule has 2 aromatic rings. The lowest BCUT2D eigenvalue weighted by Crippen LogP contribution is -2.16. The molecule has 0 radical (unpaired) electrons. The van der Waals surface area contributed by atoms with Crippen LogP contribution in [0.3, 0.4) is 0 Å². The molecule has 0 bridgehead atoms. The molecule has 0 atom stereocenters. The summed E-state index contributed by atoms with van der Waals surface area (Å²) >= 11 is 0. The first-order chi connectivity index (χ1) is 9.93. The molecule has 0 saturated carbocycles. The molecule has 0 amide bonds. The van der Waals surface area contributed by atoms with E-state index >= 15 is 0 Å². The van der Waals surface area contributed by atoms with Gasteiger partial charge >= 0.3 is 0 Å². The van der Waals surface area contributed by atoms with E-state index in [2.05, 4.69) is 30.3 Å². The Kier molecular flexibility index (Phi) is 3.06. The maximum absolute atomic E-state index is 5.10. The maximum atomic E-state index is 5.10. The Morgan fingerprint density at radius 3 is 2.10 bits per heavy atom. The van der Waals surface area contributed by atoms with E-state index in [-0.39, 0.29) is 0 Å². The monoisotopic (exact) mass is 263 g/mol. The van der Waals surface area contributed by atoms with Gasteiger partial charge in [0.25, 0.3) is 0 Å². The summed E-state index contributed by atoms with van der Waals surface area (Å²) < 4.78 is 0. The van der Waals surface area contributed by atoms with Crippen LogP contribution in [0, 0.1) is 0 Å². The first-order valence-corrected chi connectivity index (χ1v) is 8.02. The molecule has 20 heavy (non-hydrogen) atoms. The number of aryl methyl sites for hydroxylation is 1. The van der Waals surface area contributed by atoms with Crippen molar-refractivity contribution in [3.63, 3.8) is 0 Å². The molecule has 0 unspecified atom stereocenters. The first kappa shape index (κ1) is 12.1. The van der Waals surface area contributed by atoms with Crippen molar-refractivity contribution in [1.29, 1.82) is 0 Å². The topological polar surface area (TPSA) is 12.9 Å². The highest BCUT2D eigenvalue weighted by atomic mass is 14.7. The van der Waals surface area contributed by atoms with Crippen molar-refractivity contribution in [3.05, 3.63) is 52.7 Å². The quantitative estimate of drug-likeness (QED) is 0.738. The first-order valence-electron chi connectivity index (χ1n) is 8.02. The zero-order chi connectivity index (χ0) is 13.4. The summed E-state index contributed by atoms with van der Waals surface area (Å²) in [6.07, 6.45) is 10.3. The normalized spacial score (nSPS) is 17.4. The zero-order valence-electron chi connectivity index (χ0n) is 12.0. The van der Waals surface area contributed by atoms with E-state index in [1.165, 1.54) is 68.3 Å². The molecule has 1 aromatic carbocycles. The zero-order valence-corrected chi connectivity index (χ0v) is 12.0. The van der Waals surface area contributed by atoms with Crippen LogP contribution in [-0.4, -0.2) is 4.98 Å². The van der Waals surface area contributed by atoms with Gasteiger partial charge in [0.1, 0.15) is 0 Å². The molecule has 0 fully saturated rings. The molecule has 1 nitrogen and oxygen atoms in total. The highest BCUT2D eigenvalue weighted by Crippen LogP contribution is 2.36. The predicted octanol–water partition coefficient (Wildman–Crippen LogP) is 4.51. The standard InChI is InChI=1S/C19H21N/c1-2-8-14(9-3-1)19-17-12-5-4-10-15(17)16-11-6-7-13-18(16)20-19/h1-3,8-9H,4-7,10-13H2. The van der Waals surface area contributed by atoms with Crippen LogP contribution in [-0.2, 0) is 25.7 Å². The molecule has 0 spiro atoms. The van der Waals surface area contributed by atoms with Crippen LogP contribution in [0.15, 0.2) is 30.3 Å². The van der Waals surface area contributed by atoms with Crippen LogP contribution in [0.25, 0.3) is 11.3 Å². The molecule has 102 valence electrons. The van der Waals surface area contributed by atoms with Gasteiger partial charge in [-0.3, -0.25) is 4.98 Å². The van der Waals surface area contributed by atoms with Gasteiger partial charge in [0.05, 0.1) is 5.69 Å². The number of hydrogen-bond acceptors (Lipinski definition) is 1. The van der Waals surface area contributed by atoms with E-state index in [1.807, 2.05) is 0 Å². The van der Waals surface area contributed by atoms with Crippen molar-refractivity contribution in [1.82, 2.24) is 4.98 Å². The van der Waals surface area contributed by atoms with Gasteiger partial charge in [-0.1, -0.05) is 30.3 Å². The largest absolute Gasteiger partial charge is 0.252 e. The molecule has 1 aromatic heterocycles. The summed E-state index contributed by atoms with van der Waals surface area (Å²) in [5.74, 6) is 0. The summed E-state index contributed by atoms with van der Waals surface area (Å²) in [6, 6.07) is 10.8. The Hall–Kier alpha value is -1.63. The number of hydrogen-bond donors (Lipinski definition) is 0. The van der Waals surface area contributed by atoms with Crippen molar-refractivity contribution >= 4 is 0 Å². The van der Waals surface area contributed by atoms with Crippen LogP contribution in [0.5, 0.6) is 0 Å². The van der Waals surface area contributed by atoms with Crippen molar-refractivity contribution < 1.29 is 0 Å². The minimum absolute atomic E-state index is 1.18. The maximum Gasteiger partial charge on any atom is 0.0740 e. The summed E-state index contributed by atoms with van der Waals surface area (Å²) in [7, 11) is 0. The highest BCUT2D eigenvalue weighted by molar-refractivity contribution is 5.66. The summed E-state index contributed by atoms with van der Waals surface area (Å²) in [5.41, 5.74) is 8.82. The SMILES string of the molecule is c1ccc(-c2nc3c(c4c2CCCC4)CCCC3)cc1. The van der Waals surface area contributed by atoms with E-state index in [9.17, 15) is 0 Å². The molecule has 0 saturated heterocycles. The minimum atomic E-state index is 1.18. The summed E-state index contributed by atoms with van der Waals surface area (Å²) in [6.45, 7) is 0. The Labute approximate surface area is 121 Å². The number of aromatic nitrogens is 1. The van der Waals surface area contributed by atoms with Crippen LogP contribution >= 0.6 is 0 Å². The number of nitrogens with zero attached hydrogens (tertiary/aromatic N) is 1. The van der Waals surface area contributed by atoms with Gasteiger partial charge in [0.2, 0.25) is 0 Å². The molecule has 0 N–H and O–H groups in total. The van der Waals surface area contributed by atoms with Gasteiger partial charge < -0.3 is 0 Å². The van der Waals surface area contributed by atoms with Gasteiger partial charge in [-0.25, -0.2) is 0 Å². The summed E-state index contributed by atoms with van der Waals surface area (Å²) in [4.78, 5) is 5.10. The smallest absolute Gasteiger partial charge is 0.0740 e. The van der Waals surface area contributed by atoms with Crippen molar-refractivity contribution in [2.75, 3.05) is 0 Å². The Morgan fingerprint density at radius 2 is 1.30 bits per heavy atom. The van der Waals surface area contributed by atoms with E-state index in [4.69, 9.17) is 4.98 Å². The van der Waals surface area contributed by atoms with Gasteiger partial charge in [-0.15, -0.1) is 0 Å². The van der Waals surface area contributed by atoms with Gasteiger partial charge in [0, 0.05) is 11.3 Å². The van der Waals surface area contributed by atoms with E-state index in [0.717, 1.165) is 0 Å². The molecule has 2 aliphatic rings. The van der Waals surface area contributed by atoms with Crippen molar-refractivity contribution in [3.8, 4) is 11.3 Å². The number of benzene rings is 1. The molecule has 0 aliphatic heterocycles. The fraction of sp³-hybridized carbons (Fsp3) is 0.421. The average Bonchev–Trinajstić information content (AvgIpc) is 2.55. The molecule has 2 aliphatic carbocycles. The number of fused-ring (bicyclic) bond motifs is 3. The van der Waals surface area contributed by atoms with Crippen LogP contribution in [0.1, 0.15) is 48.1 Å². The fourth-order valence-electron chi connectivity index (χ4n) is 3.87. The van der Waals surface area contributed by atoms with Gasteiger partial charge in [-0.05, 0) is 68.1 Å². The molecule has 1 heteroatoms. The summed E-state index contributed by atoms with van der Waals surface area (Å²) in [5, 5.41) is 0. The van der Waals surface area contributed by atoms with E-state index < -0.39 is 0 Å². The third-order valence-electron chi connectivity index (χ3n) is 4.85. The second-order valence-electron chi connectivity index (χ2n) is 6.12. The average molecular weight is 263 g/mol. The van der Waals surface area contributed by atoms with Crippen LogP contribution in [0.2, 0.25) is 0 Å². The number of pyridine rings is 1. The lowest BCUT2D eigenvalue weighted by Gasteiger charge is -2.27. The molecule has 1 heterocycles. The molecular weight excluding hydrogens is 242 g/mol. The molecular formula is C19H21N. The van der Waals surface area contributed by atoms with Crippen molar-refractivity contribution in [2.24, 2.45) is 0 Å².